The quantitative estimate of drug-likeness (QED) is 0.227. The second kappa shape index (κ2) is 9.82. The van der Waals surface area contributed by atoms with Crippen LogP contribution in [0.2, 0.25) is 0 Å². The summed E-state index contributed by atoms with van der Waals surface area (Å²) in [6.45, 7) is 5.54. The number of amides is 1. The van der Waals surface area contributed by atoms with Crippen LogP contribution < -0.4 is 4.80 Å². The van der Waals surface area contributed by atoms with Crippen molar-refractivity contribution >= 4 is 44.9 Å². The summed E-state index contributed by atoms with van der Waals surface area (Å²) in [5, 5.41) is 11.1. The van der Waals surface area contributed by atoms with Crippen molar-refractivity contribution in [3.63, 3.8) is 0 Å². The highest BCUT2D eigenvalue weighted by atomic mass is 32.2. The van der Waals surface area contributed by atoms with Gasteiger partial charge in [0.05, 0.1) is 21.7 Å². The van der Waals surface area contributed by atoms with Gasteiger partial charge in [-0.25, -0.2) is 0 Å². The molecule has 29 heavy (non-hydrogen) atoms. The number of carbonyl (C=O) groups is 1. The fourth-order valence-electron chi connectivity index (χ4n) is 2.79. The fourth-order valence-corrected chi connectivity index (χ4v) is 4.54. The number of hydrogen-bond donors (Lipinski definition) is 0. The number of nitro benzene ring substituents is 1. The predicted octanol–water partition coefficient (Wildman–Crippen LogP) is 4.50. The van der Waals surface area contributed by atoms with Gasteiger partial charge >= 0.3 is 0 Å². The molecule has 0 bridgehead atoms. The lowest BCUT2D eigenvalue weighted by atomic mass is 10.2. The van der Waals surface area contributed by atoms with Crippen molar-refractivity contribution in [1.82, 2.24) is 4.57 Å². The molecular weight excluding hydrogens is 410 g/mol. The van der Waals surface area contributed by atoms with Crippen LogP contribution in [0.5, 0.6) is 0 Å². The van der Waals surface area contributed by atoms with E-state index < -0.39 is 4.92 Å². The maximum absolute atomic E-state index is 12.7. The molecule has 7 nitrogen and oxygen atoms in total. The Balaban J connectivity index is 2.01. The Kier molecular flexibility index (Phi) is 7.18. The molecule has 0 unspecified atom stereocenters. The summed E-state index contributed by atoms with van der Waals surface area (Å²) >= 11 is 2.97. The van der Waals surface area contributed by atoms with E-state index in [2.05, 4.69) is 11.9 Å². The minimum atomic E-state index is -0.429. The molecule has 0 saturated heterocycles. The first-order valence-corrected chi connectivity index (χ1v) is 11.0. The van der Waals surface area contributed by atoms with Crippen molar-refractivity contribution in [2.75, 3.05) is 19.0 Å². The molecule has 0 aliphatic heterocycles. The van der Waals surface area contributed by atoms with Gasteiger partial charge in [-0.2, -0.15) is 4.99 Å². The molecule has 1 heterocycles. The van der Waals surface area contributed by atoms with Gasteiger partial charge in [0.2, 0.25) is 0 Å². The van der Waals surface area contributed by atoms with E-state index in [1.807, 2.05) is 23.6 Å². The number of ether oxygens (including phenoxy) is 1. The average molecular weight is 432 g/mol. The Labute approximate surface area is 176 Å². The molecule has 3 aromatic rings. The number of carbonyl (C=O) groups excluding carboxylic acids is 1. The van der Waals surface area contributed by atoms with Crippen LogP contribution >= 0.6 is 23.1 Å². The Morgan fingerprint density at radius 1 is 1.24 bits per heavy atom. The lowest BCUT2D eigenvalue weighted by molar-refractivity contribution is -0.384. The van der Waals surface area contributed by atoms with Gasteiger partial charge in [-0.15, -0.1) is 11.8 Å². The number of aromatic nitrogens is 1. The summed E-state index contributed by atoms with van der Waals surface area (Å²) in [5.41, 5.74) is 1.31. The second-order valence-electron chi connectivity index (χ2n) is 6.02. The molecule has 0 N–H and O–H groups in total. The van der Waals surface area contributed by atoms with Crippen LogP contribution in [0, 0.1) is 10.1 Å². The van der Waals surface area contributed by atoms with Crippen LogP contribution in [0.15, 0.2) is 52.4 Å². The number of fused-ring (bicyclic) bond motifs is 1. The van der Waals surface area contributed by atoms with Gasteiger partial charge < -0.3 is 9.30 Å². The van der Waals surface area contributed by atoms with Crippen LogP contribution in [0.4, 0.5) is 5.69 Å². The van der Waals surface area contributed by atoms with Crippen molar-refractivity contribution in [2.24, 2.45) is 4.99 Å². The van der Waals surface area contributed by atoms with Crippen molar-refractivity contribution in [1.29, 1.82) is 0 Å². The zero-order chi connectivity index (χ0) is 20.8. The van der Waals surface area contributed by atoms with Crippen LogP contribution in [-0.4, -0.2) is 34.4 Å². The van der Waals surface area contributed by atoms with E-state index in [0.717, 1.165) is 16.2 Å². The van der Waals surface area contributed by atoms with Gasteiger partial charge in [0, 0.05) is 35.7 Å². The summed E-state index contributed by atoms with van der Waals surface area (Å²) in [4.78, 5) is 29.3. The third-order valence-corrected chi connectivity index (χ3v) is 6.09. The standard InChI is InChI=1S/C20H21N3O4S2/c1-3-27-12-11-22-17-10-7-15(23(25)26)13-18(17)29-20(22)21-19(24)14-5-8-16(9-6-14)28-4-2/h5-10,13H,3-4,11-12H2,1-2H3. The Bertz CT molecular complexity index is 1090. The highest BCUT2D eigenvalue weighted by molar-refractivity contribution is 7.99. The third kappa shape index (κ3) is 5.11. The van der Waals surface area contributed by atoms with Gasteiger partial charge in [0.25, 0.3) is 11.6 Å². The molecule has 0 saturated carbocycles. The molecule has 0 radical (unpaired) electrons. The predicted molar refractivity (Wildman–Crippen MR) is 116 cm³/mol. The first-order chi connectivity index (χ1) is 14.0. The summed E-state index contributed by atoms with van der Waals surface area (Å²) < 4.78 is 8.02. The number of thioether (sulfide) groups is 1. The summed E-state index contributed by atoms with van der Waals surface area (Å²) in [6, 6.07) is 12.0. The van der Waals surface area contributed by atoms with E-state index in [4.69, 9.17) is 4.74 Å². The lowest BCUT2D eigenvalue weighted by Crippen LogP contribution is -2.19. The minimum absolute atomic E-state index is 0.0117. The van der Waals surface area contributed by atoms with Crippen molar-refractivity contribution in [3.05, 3.63) is 62.9 Å². The number of rotatable bonds is 8. The molecular formula is C20H21N3O4S2. The Morgan fingerprint density at radius 2 is 2.00 bits per heavy atom. The molecule has 1 aromatic heterocycles. The van der Waals surface area contributed by atoms with E-state index in [0.29, 0.717) is 34.8 Å². The van der Waals surface area contributed by atoms with Crippen LogP contribution in [-0.2, 0) is 11.3 Å². The zero-order valence-corrected chi connectivity index (χ0v) is 17.8. The topological polar surface area (TPSA) is 86.7 Å². The van der Waals surface area contributed by atoms with Crippen molar-refractivity contribution in [3.8, 4) is 0 Å². The lowest BCUT2D eigenvalue weighted by Gasteiger charge is -2.05. The Hall–Kier alpha value is -2.49. The van der Waals surface area contributed by atoms with E-state index in [-0.39, 0.29) is 11.6 Å². The van der Waals surface area contributed by atoms with Crippen LogP contribution in [0.1, 0.15) is 24.2 Å². The second-order valence-corrected chi connectivity index (χ2v) is 8.36. The molecule has 0 spiro atoms. The zero-order valence-electron chi connectivity index (χ0n) is 16.2. The molecule has 9 heteroatoms. The van der Waals surface area contributed by atoms with Gasteiger partial charge in [-0.3, -0.25) is 14.9 Å². The van der Waals surface area contributed by atoms with Gasteiger partial charge in [0.1, 0.15) is 0 Å². The first-order valence-electron chi connectivity index (χ1n) is 9.21. The van der Waals surface area contributed by atoms with Gasteiger partial charge in [-0.1, -0.05) is 18.3 Å². The van der Waals surface area contributed by atoms with Crippen molar-refractivity contribution < 1.29 is 14.5 Å². The first kappa shape index (κ1) is 21.2. The molecule has 3 rings (SSSR count). The Morgan fingerprint density at radius 3 is 2.66 bits per heavy atom. The van der Waals surface area contributed by atoms with Gasteiger partial charge in [-0.05, 0) is 43.0 Å². The smallest absolute Gasteiger partial charge is 0.279 e. The number of benzene rings is 2. The number of non-ortho nitro benzene ring substituents is 1. The van der Waals surface area contributed by atoms with E-state index in [1.54, 1.807) is 30.0 Å². The van der Waals surface area contributed by atoms with E-state index in [9.17, 15) is 14.9 Å². The monoisotopic (exact) mass is 431 g/mol. The van der Waals surface area contributed by atoms with Crippen LogP contribution in [0.3, 0.4) is 0 Å². The van der Waals surface area contributed by atoms with Gasteiger partial charge in [0.15, 0.2) is 4.80 Å². The highest BCUT2D eigenvalue weighted by Gasteiger charge is 2.13. The third-order valence-electron chi connectivity index (χ3n) is 4.15. The number of nitro groups is 1. The molecule has 1 amide bonds. The van der Waals surface area contributed by atoms with E-state index >= 15 is 0 Å². The maximum atomic E-state index is 12.7. The average Bonchev–Trinajstić information content (AvgIpc) is 3.05. The molecule has 0 fully saturated rings. The maximum Gasteiger partial charge on any atom is 0.279 e. The fraction of sp³-hybridized carbons (Fsp3) is 0.300. The molecule has 0 aliphatic carbocycles. The molecule has 0 aliphatic rings. The van der Waals surface area contributed by atoms with E-state index in [1.165, 1.54) is 23.5 Å². The number of thiazole rings is 1. The SMILES string of the molecule is CCOCCn1c(=NC(=O)c2ccc(SCC)cc2)sc2cc([N+](=O)[O-])ccc21. The number of nitrogens with zero attached hydrogens (tertiary/aromatic N) is 3. The van der Waals surface area contributed by atoms with Crippen LogP contribution in [0.25, 0.3) is 10.2 Å². The number of hydrogen-bond acceptors (Lipinski definition) is 6. The summed E-state index contributed by atoms with van der Waals surface area (Å²) in [6.07, 6.45) is 0. The molecule has 152 valence electrons. The largest absolute Gasteiger partial charge is 0.380 e. The molecule has 0 atom stereocenters. The minimum Gasteiger partial charge on any atom is -0.380 e. The summed E-state index contributed by atoms with van der Waals surface area (Å²) in [5.74, 6) is 0.620. The molecule has 2 aromatic carbocycles. The normalized spacial score (nSPS) is 11.9. The van der Waals surface area contributed by atoms with Crippen molar-refractivity contribution in [2.45, 2.75) is 25.3 Å². The summed E-state index contributed by atoms with van der Waals surface area (Å²) in [7, 11) is 0. The highest BCUT2D eigenvalue weighted by Crippen LogP contribution is 2.23.